The quantitative estimate of drug-likeness (QED) is 0.626. The molecule has 1 unspecified atom stereocenters. The minimum atomic E-state index is -0.395. The van der Waals surface area contributed by atoms with Crippen LogP contribution in [-0.2, 0) is 0 Å². The summed E-state index contributed by atoms with van der Waals surface area (Å²) in [5.41, 5.74) is 0.471. The molecule has 0 aliphatic heterocycles. The molecule has 2 rings (SSSR count). The monoisotopic (exact) mass is 289 g/mol. The van der Waals surface area contributed by atoms with Crippen molar-refractivity contribution in [2.24, 2.45) is 0 Å². The topological polar surface area (TPSA) is 66.0 Å². The van der Waals surface area contributed by atoms with Crippen molar-refractivity contribution in [1.82, 2.24) is 19.9 Å². The molecule has 0 bridgehead atoms. The number of nitriles is 1. The van der Waals surface area contributed by atoms with Gasteiger partial charge in [0.2, 0.25) is 0 Å². The lowest BCUT2D eigenvalue weighted by Crippen LogP contribution is -2.40. The fourth-order valence-corrected chi connectivity index (χ4v) is 2.99. The largest absolute Gasteiger partial charge is 0.302 e. The first kappa shape index (κ1) is 14.8. The van der Waals surface area contributed by atoms with Crippen molar-refractivity contribution in [2.45, 2.75) is 36.9 Å². The summed E-state index contributed by atoms with van der Waals surface area (Å²) in [6, 6.07) is 8.25. The second-order valence-corrected chi connectivity index (χ2v) is 5.72. The number of aromatic nitrogens is 3. The van der Waals surface area contributed by atoms with Crippen LogP contribution in [0.25, 0.3) is 5.65 Å². The molecular weight excluding hydrogens is 270 g/mol. The van der Waals surface area contributed by atoms with E-state index in [1.165, 1.54) is 0 Å². The summed E-state index contributed by atoms with van der Waals surface area (Å²) in [6.07, 6.45) is 4.60. The number of nitrogens with zero attached hydrogens (tertiary/aromatic N) is 4. The average molecular weight is 289 g/mol. The fourth-order valence-electron chi connectivity index (χ4n) is 2.12. The molecule has 0 saturated carbocycles. The highest BCUT2D eigenvalue weighted by Gasteiger charge is 2.24. The Hall–Kier alpha value is -1.58. The van der Waals surface area contributed by atoms with Crippen molar-refractivity contribution in [2.75, 3.05) is 12.8 Å². The molecule has 2 aromatic heterocycles. The van der Waals surface area contributed by atoms with Crippen LogP contribution >= 0.6 is 11.8 Å². The highest BCUT2D eigenvalue weighted by atomic mass is 32.2. The number of hydrogen-bond acceptors (Lipinski definition) is 5. The van der Waals surface area contributed by atoms with Gasteiger partial charge in [-0.05, 0) is 38.4 Å². The van der Waals surface area contributed by atoms with E-state index in [0.29, 0.717) is 0 Å². The number of nitrogens with one attached hydrogen (secondary N) is 1. The summed E-state index contributed by atoms with van der Waals surface area (Å²) in [7, 11) is 1.85. The standard InChI is InChI=1S/C14H19N5S/c1-3-14(11-15,16-2)8-6-10-20-13-18-17-12-7-4-5-9-19(12)13/h4-5,7,9,16H,3,6,8,10H2,1-2H3. The molecule has 1 atom stereocenters. The molecule has 0 fully saturated rings. The van der Waals surface area contributed by atoms with Gasteiger partial charge < -0.3 is 5.32 Å². The number of rotatable bonds is 7. The molecule has 0 aliphatic carbocycles. The molecule has 0 spiro atoms. The summed E-state index contributed by atoms with van der Waals surface area (Å²) in [5.74, 6) is 0.931. The van der Waals surface area contributed by atoms with Gasteiger partial charge in [0.15, 0.2) is 10.8 Å². The first-order chi connectivity index (χ1) is 9.74. The van der Waals surface area contributed by atoms with Crippen LogP contribution in [0.2, 0.25) is 0 Å². The lowest BCUT2D eigenvalue weighted by atomic mass is 9.93. The van der Waals surface area contributed by atoms with Gasteiger partial charge in [0.25, 0.3) is 0 Å². The summed E-state index contributed by atoms with van der Waals surface area (Å²) < 4.78 is 1.99. The molecule has 0 radical (unpaired) electrons. The van der Waals surface area contributed by atoms with E-state index in [2.05, 4.69) is 21.6 Å². The molecule has 1 N–H and O–H groups in total. The van der Waals surface area contributed by atoms with Gasteiger partial charge in [-0.15, -0.1) is 10.2 Å². The predicted molar refractivity (Wildman–Crippen MR) is 80.6 cm³/mol. The zero-order valence-electron chi connectivity index (χ0n) is 11.8. The van der Waals surface area contributed by atoms with Gasteiger partial charge in [-0.1, -0.05) is 24.8 Å². The van der Waals surface area contributed by atoms with E-state index >= 15 is 0 Å². The summed E-state index contributed by atoms with van der Waals surface area (Å²) in [4.78, 5) is 0. The summed E-state index contributed by atoms with van der Waals surface area (Å²) >= 11 is 1.68. The highest BCUT2D eigenvalue weighted by molar-refractivity contribution is 7.99. The smallest absolute Gasteiger partial charge is 0.195 e. The Morgan fingerprint density at radius 1 is 1.45 bits per heavy atom. The molecule has 0 aliphatic rings. The lowest BCUT2D eigenvalue weighted by Gasteiger charge is -2.24. The summed E-state index contributed by atoms with van der Waals surface area (Å²) in [5, 5.41) is 21.6. The number of pyridine rings is 1. The van der Waals surface area contributed by atoms with E-state index < -0.39 is 5.54 Å². The van der Waals surface area contributed by atoms with Gasteiger partial charge >= 0.3 is 0 Å². The zero-order valence-corrected chi connectivity index (χ0v) is 12.7. The normalized spacial score (nSPS) is 14.1. The maximum Gasteiger partial charge on any atom is 0.195 e. The second-order valence-electron chi connectivity index (χ2n) is 4.66. The SMILES string of the molecule is CCC(C#N)(CCCSc1nnc2ccccn12)NC. The third kappa shape index (κ3) is 3.11. The van der Waals surface area contributed by atoms with Crippen LogP contribution in [0.4, 0.5) is 0 Å². The van der Waals surface area contributed by atoms with Crippen molar-refractivity contribution in [1.29, 1.82) is 5.26 Å². The minimum absolute atomic E-state index is 0.395. The van der Waals surface area contributed by atoms with E-state index in [1.807, 2.05) is 42.8 Å². The Morgan fingerprint density at radius 2 is 2.30 bits per heavy atom. The Labute approximate surface area is 123 Å². The van der Waals surface area contributed by atoms with Gasteiger partial charge in [-0.25, -0.2) is 0 Å². The molecule has 5 nitrogen and oxygen atoms in total. The first-order valence-corrected chi connectivity index (χ1v) is 7.76. The third-order valence-corrected chi connectivity index (χ3v) is 4.59. The van der Waals surface area contributed by atoms with Crippen LogP contribution in [0.3, 0.4) is 0 Å². The molecule has 2 aromatic rings. The molecule has 0 amide bonds. The second kappa shape index (κ2) is 6.73. The number of hydrogen-bond donors (Lipinski definition) is 1. The minimum Gasteiger partial charge on any atom is -0.302 e. The van der Waals surface area contributed by atoms with E-state index in [9.17, 15) is 5.26 Å². The zero-order chi connectivity index (χ0) is 14.4. The third-order valence-electron chi connectivity index (χ3n) is 3.56. The molecule has 0 aromatic carbocycles. The summed E-state index contributed by atoms with van der Waals surface area (Å²) in [6.45, 7) is 2.04. The Morgan fingerprint density at radius 3 is 3.00 bits per heavy atom. The van der Waals surface area contributed by atoms with Crippen LogP contribution in [0, 0.1) is 11.3 Å². The molecule has 106 valence electrons. The van der Waals surface area contributed by atoms with E-state index in [4.69, 9.17) is 0 Å². The van der Waals surface area contributed by atoms with Gasteiger partial charge in [-0.2, -0.15) is 5.26 Å². The highest BCUT2D eigenvalue weighted by Crippen LogP contribution is 2.22. The fraction of sp³-hybridized carbons (Fsp3) is 0.500. The van der Waals surface area contributed by atoms with Gasteiger partial charge in [0.05, 0.1) is 6.07 Å². The van der Waals surface area contributed by atoms with Crippen LogP contribution in [-0.4, -0.2) is 32.9 Å². The molecule has 20 heavy (non-hydrogen) atoms. The molecular formula is C14H19N5S. The van der Waals surface area contributed by atoms with Crippen LogP contribution in [0.1, 0.15) is 26.2 Å². The molecule has 0 saturated heterocycles. The Bertz CT molecular complexity index is 597. The number of fused-ring (bicyclic) bond motifs is 1. The van der Waals surface area contributed by atoms with Gasteiger partial charge in [0, 0.05) is 11.9 Å². The molecule has 2 heterocycles. The first-order valence-electron chi connectivity index (χ1n) is 6.77. The maximum atomic E-state index is 9.26. The van der Waals surface area contributed by atoms with Crippen molar-refractivity contribution in [3.8, 4) is 6.07 Å². The van der Waals surface area contributed by atoms with Gasteiger partial charge in [-0.3, -0.25) is 4.40 Å². The van der Waals surface area contributed by atoms with Crippen LogP contribution in [0.15, 0.2) is 29.6 Å². The lowest BCUT2D eigenvalue weighted by molar-refractivity contribution is 0.400. The Balaban J connectivity index is 1.89. The van der Waals surface area contributed by atoms with Crippen LogP contribution < -0.4 is 5.32 Å². The average Bonchev–Trinajstić information content (AvgIpc) is 2.92. The number of thioether (sulfide) groups is 1. The van der Waals surface area contributed by atoms with Crippen molar-refractivity contribution >= 4 is 17.4 Å². The predicted octanol–water partition coefficient (Wildman–Crippen LogP) is 2.49. The van der Waals surface area contributed by atoms with Crippen molar-refractivity contribution in [3.05, 3.63) is 24.4 Å². The Kier molecular flexibility index (Phi) is 4.99. The van der Waals surface area contributed by atoms with E-state index in [-0.39, 0.29) is 0 Å². The maximum absolute atomic E-state index is 9.26. The van der Waals surface area contributed by atoms with E-state index in [0.717, 1.165) is 35.8 Å². The van der Waals surface area contributed by atoms with Gasteiger partial charge in [0.1, 0.15) is 5.54 Å². The van der Waals surface area contributed by atoms with Crippen molar-refractivity contribution in [3.63, 3.8) is 0 Å². The van der Waals surface area contributed by atoms with Crippen molar-refractivity contribution < 1.29 is 0 Å². The van der Waals surface area contributed by atoms with Crippen LogP contribution in [0.5, 0.6) is 0 Å². The van der Waals surface area contributed by atoms with E-state index in [1.54, 1.807) is 11.8 Å². The molecule has 6 heteroatoms.